The maximum absolute atomic E-state index is 13.1. The summed E-state index contributed by atoms with van der Waals surface area (Å²) in [5.41, 5.74) is 14.4. The highest BCUT2D eigenvalue weighted by Crippen LogP contribution is 2.37. The monoisotopic (exact) mass is 796 g/mol. The number of halogens is 4. The number of alkyl halides is 3. The second kappa shape index (κ2) is 18.6. The zero-order chi connectivity index (χ0) is 38.8. The van der Waals surface area contributed by atoms with Gasteiger partial charge in [-0.05, 0) is 42.3 Å². The fourth-order valence-corrected chi connectivity index (χ4v) is 6.12. The first-order valence-electron chi connectivity index (χ1n) is 16.0. The summed E-state index contributed by atoms with van der Waals surface area (Å²) in [6.45, 7) is 0. The van der Waals surface area contributed by atoms with E-state index >= 15 is 0 Å². The second-order valence-corrected chi connectivity index (χ2v) is 13.0. The summed E-state index contributed by atoms with van der Waals surface area (Å²) in [5.74, 6) is -1.30. The molecule has 11 nitrogen and oxygen atoms in total. The SMILES string of the molecule is Nc1ccc(N)c2c1C(=O)c1ccccc1C2=O.O=C(CCCl)Nc1ccc(NC(=O)CCCl)c2c1C(=O)c1ccccc1C2=O.O=C(Cl)CCCCl. The Labute approximate surface area is 324 Å². The van der Waals surface area contributed by atoms with Gasteiger partial charge in [-0.25, -0.2) is 0 Å². The van der Waals surface area contributed by atoms with E-state index in [-0.39, 0.29) is 109 Å². The Morgan fingerprint density at radius 1 is 0.491 bits per heavy atom. The molecule has 0 bridgehead atoms. The number of hydrogen-bond donors (Lipinski definition) is 4. The van der Waals surface area contributed by atoms with Crippen molar-refractivity contribution in [2.24, 2.45) is 0 Å². The van der Waals surface area contributed by atoms with Crippen molar-refractivity contribution >= 4 is 109 Å². The molecule has 0 aliphatic heterocycles. The van der Waals surface area contributed by atoms with Crippen LogP contribution in [-0.2, 0) is 14.4 Å². The van der Waals surface area contributed by atoms with Crippen molar-refractivity contribution in [1.82, 2.24) is 0 Å². The summed E-state index contributed by atoms with van der Waals surface area (Å²) < 4.78 is 0. The van der Waals surface area contributed by atoms with E-state index in [0.29, 0.717) is 29.8 Å². The molecule has 0 saturated heterocycles. The van der Waals surface area contributed by atoms with Gasteiger partial charge in [-0.15, -0.1) is 34.8 Å². The van der Waals surface area contributed by atoms with Crippen LogP contribution in [0.5, 0.6) is 0 Å². The van der Waals surface area contributed by atoms with Gasteiger partial charge in [-0.1, -0.05) is 48.5 Å². The van der Waals surface area contributed by atoms with E-state index in [1.165, 1.54) is 12.1 Å². The molecule has 0 spiro atoms. The number of hydrogen-bond acceptors (Lipinski definition) is 9. The van der Waals surface area contributed by atoms with Crippen molar-refractivity contribution in [1.29, 1.82) is 0 Å². The Bertz CT molecular complexity index is 2000. The van der Waals surface area contributed by atoms with Crippen LogP contribution in [0, 0.1) is 0 Å². The lowest BCUT2D eigenvalue weighted by atomic mass is 9.82. The van der Waals surface area contributed by atoms with Crippen molar-refractivity contribution in [2.75, 3.05) is 39.7 Å². The van der Waals surface area contributed by atoms with Crippen molar-refractivity contribution < 1.29 is 33.6 Å². The van der Waals surface area contributed by atoms with Crippen LogP contribution in [0.2, 0.25) is 0 Å². The van der Waals surface area contributed by atoms with Crippen molar-refractivity contribution in [3.63, 3.8) is 0 Å². The minimum absolute atomic E-state index is 0.0512. The lowest BCUT2D eigenvalue weighted by Crippen LogP contribution is -2.26. The van der Waals surface area contributed by atoms with Gasteiger partial charge in [0.2, 0.25) is 17.1 Å². The van der Waals surface area contributed by atoms with Gasteiger partial charge >= 0.3 is 0 Å². The Balaban J connectivity index is 0.000000213. The van der Waals surface area contributed by atoms with Gasteiger partial charge in [-0.2, -0.15) is 0 Å². The number of nitrogens with two attached hydrogens (primary N) is 2. The molecule has 274 valence electrons. The number of nitrogens with one attached hydrogen (secondary N) is 2. The number of carbonyl (C=O) groups is 7. The second-order valence-electron chi connectivity index (χ2n) is 11.4. The number of ketones is 4. The Hall–Kier alpha value is -5.07. The number of amides is 2. The first-order valence-corrected chi connectivity index (χ1v) is 18.0. The average Bonchev–Trinajstić information content (AvgIpc) is 3.14. The molecule has 0 radical (unpaired) electrons. The minimum Gasteiger partial charge on any atom is -0.398 e. The first-order chi connectivity index (χ1) is 25.4. The average molecular weight is 799 g/mol. The van der Waals surface area contributed by atoms with E-state index in [4.69, 9.17) is 57.9 Å². The van der Waals surface area contributed by atoms with Gasteiger partial charge in [0.15, 0.2) is 23.1 Å². The molecule has 0 atom stereocenters. The lowest BCUT2D eigenvalue weighted by Gasteiger charge is -2.23. The fraction of sp³-hybridized carbons (Fsp3) is 0.184. The Morgan fingerprint density at radius 3 is 1.11 bits per heavy atom. The maximum atomic E-state index is 13.1. The number of benzene rings is 4. The normalized spacial score (nSPS) is 12.1. The zero-order valence-corrected chi connectivity index (χ0v) is 30.9. The summed E-state index contributed by atoms with van der Waals surface area (Å²) in [7, 11) is 0. The molecule has 0 fully saturated rings. The standard InChI is InChI=1S/C20H16Cl2N2O4.C14H10N2O2.C4H6Cl2O/c21-9-7-15(25)23-13-5-6-14(24-16(26)8-10-22)18-17(13)19(27)11-3-1-2-4-12(11)20(18)28;15-9-5-6-10(16)12-11(9)13(17)7-3-1-2-4-8(7)14(12)18;5-3-1-2-4(6)7/h1-6H,7-10H2,(H,23,25)(H,24,26);1-6H,15-16H2;1-3H2. The van der Waals surface area contributed by atoms with Crippen LogP contribution < -0.4 is 22.1 Å². The molecular formula is C38H32Cl4N4O7. The Morgan fingerprint density at radius 2 is 0.830 bits per heavy atom. The number of fused-ring (bicyclic) bond motifs is 4. The molecule has 4 aromatic rings. The molecule has 2 aliphatic rings. The van der Waals surface area contributed by atoms with Crippen molar-refractivity contribution in [3.05, 3.63) is 117 Å². The fourth-order valence-electron chi connectivity index (χ4n) is 5.51. The largest absolute Gasteiger partial charge is 0.398 e. The lowest BCUT2D eigenvalue weighted by molar-refractivity contribution is -0.116. The third-order valence-corrected chi connectivity index (χ3v) is 8.75. The highest BCUT2D eigenvalue weighted by molar-refractivity contribution is 6.63. The highest BCUT2D eigenvalue weighted by Gasteiger charge is 2.35. The smallest absolute Gasteiger partial charge is 0.225 e. The van der Waals surface area contributed by atoms with Crippen LogP contribution in [0.3, 0.4) is 0 Å². The van der Waals surface area contributed by atoms with Crippen LogP contribution in [0.25, 0.3) is 0 Å². The minimum atomic E-state index is -0.403. The number of carbonyl (C=O) groups excluding carboxylic acids is 7. The zero-order valence-electron chi connectivity index (χ0n) is 27.9. The maximum Gasteiger partial charge on any atom is 0.225 e. The summed E-state index contributed by atoms with van der Waals surface area (Å²) >= 11 is 21.4. The van der Waals surface area contributed by atoms with Crippen molar-refractivity contribution in [2.45, 2.75) is 25.7 Å². The van der Waals surface area contributed by atoms with Gasteiger partial charge in [0.25, 0.3) is 0 Å². The van der Waals surface area contributed by atoms with Gasteiger partial charge in [-0.3, -0.25) is 33.6 Å². The molecule has 0 aromatic heterocycles. The molecule has 6 rings (SSSR count). The van der Waals surface area contributed by atoms with Crippen LogP contribution in [0.4, 0.5) is 22.7 Å². The molecule has 15 heteroatoms. The van der Waals surface area contributed by atoms with Gasteiger partial charge in [0.1, 0.15) is 0 Å². The molecule has 0 saturated carbocycles. The number of rotatable bonds is 9. The predicted molar refractivity (Wildman–Crippen MR) is 207 cm³/mol. The topological polar surface area (TPSA) is 196 Å². The summed E-state index contributed by atoms with van der Waals surface area (Å²) in [6, 6.07) is 19.2. The van der Waals surface area contributed by atoms with E-state index in [1.807, 2.05) is 0 Å². The van der Waals surface area contributed by atoms with E-state index < -0.39 is 11.6 Å². The van der Waals surface area contributed by atoms with Crippen LogP contribution in [0.1, 0.15) is 89.4 Å². The number of anilines is 4. The molecule has 2 aliphatic carbocycles. The summed E-state index contributed by atoms with van der Waals surface area (Å²) in [4.78, 5) is 84.8. The third kappa shape index (κ3) is 9.30. The van der Waals surface area contributed by atoms with Gasteiger partial charge in [0, 0.05) is 70.5 Å². The molecule has 53 heavy (non-hydrogen) atoms. The van der Waals surface area contributed by atoms with E-state index in [0.717, 1.165) is 0 Å². The summed E-state index contributed by atoms with van der Waals surface area (Å²) in [6.07, 6.45) is 1.20. The van der Waals surface area contributed by atoms with Gasteiger partial charge in [0.05, 0.1) is 33.6 Å². The molecule has 0 heterocycles. The predicted octanol–water partition coefficient (Wildman–Crippen LogP) is 6.99. The van der Waals surface area contributed by atoms with E-state index in [2.05, 4.69) is 10.6 Å². The molecule has 4 aromatic carbocycles. The van der Waals surface area contributed by atoms with Crippen LogP contribution in [-0.4, -0.2) is 57.8 Å². The summed E-state index contributed by atoms with van der Waals surface area (Å²) in [5, 5.41) is 4.95. The van der Waals surface area contributed by atoms with Crippen LogP contribution >= 0.6 is 46.4 Å². The highest BCUT2D eigenvalue weighted by atomic mass is 35.5. The molecule has 0 unspecified atom stereocenters. The molecular weight excluding hydrogens is 766 g/mol. The van der Waals surface area contributed by atoms with E-state index in [1.54, 1.807) is 60.7 Å². The quantitative estimate of drug-likeness (QED) is 0.0677. The third-order valence-electron chi connectivity index (χ3n) is 7.91. The molecule has 6 N–H and O–H groups in total. The van der Waals surface area contributed by atoms with Crippen LogP contribution in [0.15, 0.2) is 72.8 Å². The van der Waals surface area contributed by atoms with Crippen molar-refractivity contribution in [3.8, 4) is 0 Å². The first kappa shape index (κ1) is 40.7. The van der Waals surface area contributed by atoms with Gasteiger partial charge < -0.3 is 22.1 Å². The Kier molecular flexibility index (Phi) is 14.3. The van der Waals surface area contributed by atoms with E-state index in [9.17, 15) is 33.6 Å². The number of nitrogen functional groups attached to an aromatic ring is 2. The molecule has 2 amide bonds.